The number of aromatic hydroxyl groups is 1. The van der Waals surface area contributed by atoms with Crippen molar-refractivity contribution in [3.05, 3.63) is 29.3 Å². The van der Waals surface area contributed by atoms with Crippen molar-refractivity contribution in [2.45, 2.75) is 82.9 Å². The number of alkyl halides is 2. The van der Waals surface area contributed by atoms with Crippen LogP contribution in [0.15, 0.2) is 18.2 Å². The molecule has 2 N–H and O–H groups in total. The molecular formula is C24H34ClFO2. The van der Waals surface area contributed by atoms with E-state index in [1.165, 1.54) is 0 Å². The van der Waals surface area contributed by atoms with E-state index in [1.54, 1.807) is 6.07 Å². The predicted octanol–water partition coefficient (Wildman–Crippen LogP) is 5.97. The molecule has 4 rings (SSSR count). The van der Waals surface area contributed by atoms with Gasteiger partial charge in [-0.1, -0.05) is 25.8 Å². The van der Waals surface area contributed by atoms with Crippen molar-refractivity contribution in [1.29, 1.82) is 0 Å². The van der Waals surface area contributed by atoms with Gasteiger partial charge in [-0.3, -0.25) is 0 Å². The first-order valence-electron chi connectivity index (χ1n) is 11.0. The molecule has 4 heteroatoms. The molecule has 0 unspecified atom stereocenters. The number of hydrogen-bond donors (Lipinski definition) is 2. The summed E-state index contributed by atoms with van der Waals surface area (Å²) < 4.78 is 15.8. The highest BCUT2D eigenvalue weighted by Crippen LogP contribution is 2.66. The molecule has 0 heterocycles. The van der Waals surface area contributed by atoms with Crippen LogP contribution in [0.4, 0.5) is 4.39 Å². The topological polar surface area (TPSA) is 40.5 Å². The first-order valence-corrected chi connectivity index (χ1v) is 11.6. The zero-order chi connectivity index (χ0) is 20.1. The molecule has 0 bridgehead atoms. The summed E-state index contributed by atoms with van der Waals surface area (Å²) in [5.74, 6) is 1.91. The van der Waals surface area contributed by atoms with Gasteiger partial charge in [-0.2, -0.15) is 0 Å². The Balaban J connectivity index is 1.71. The van der Waals surface area contributed by atoms with Gasteiger partial charge < -0.3 is 10.2 Å². The molecule has 3 aliphatic rings. The number of halogens is 2. The normalized spacial score (nSPS) is 42.0. The highest BCUT2D eigenvalue weighted by atomic mass is 35.5. The van der Waals surface area contributed by atoms with Crippen molar-refractivity contribution < 1.29 is 14.6 Å². The number of fused-ring (bicyclic) bond motifs is 5. The maximum Gasteiger partial charge on any atom is 0.115 e. The minimum Gasteiger partial charge on any atom is -0.508 e. The highest BCUT2D eigenvalue weighted by Gasteiger charge is 2.63. The number of aliphatic hydroxyl groups is 1. The minimum absolute atomic E-state index is 0.102. The summed E-state index contributed by atoms with van der Waals surface area (Å²) in [6, 6.07) is 5.51. The van der Waals surface area contributed by atoms with Crippen molar-refractivity contribution in [3.8, 4) is 5.75 Å². The van der Waals surface area contributed by atoms with Gasteiger partial charge in [-0.15, -0.1) is 11.6 Å². The van der Waals surface area contributed by atoms with Crippen molar-refractivity contribution in [1.82, 2.24) is 0 Å². The Morgan fingerprint density at radius 2 is 2.00 bits per heavy atom. The molecule has 2 saturated carbocycles. The van der Waals surface area contributed by atoms with Gasteiger partial charge in [-0.25, -0.2) is 4.39 Å². The molecule has 7 atom stereocenters. The molecule has 3 aliphatic carbocycles. The van der Waals surface area contributed by atoms with Crippen LogP contribution in [-0.4, -0.2) is 27.9 Å². The number of phenolic OH excluding ortho intramolecular Hbond substituents is 1. The third-order valence-corrected chi connectivity index (χ3v) is 8.87. The maximum absolute atomic E-state index is 15.8. The summed E-state index contributed by atoms with van der Waals surface area (Å²) in [5.41, 5.74) is 1.09. The summed E-state index contributed by atoms with van der Waals surface area (Å²) in [4.78, 5) is 0. The predicted molar refractivity (Wildman–Crippen MR) is 112 cm³/mol. The maximum atomic E-state index is 15.8. The Morgan fingerprint density at radius 3 is 2.75 bits per heavy atom. The molecule has 0 aliphatic heterocycles. The summed E-state index contributed by atoms with van der Waals surface area (Å²) in [7, 11) is 0. The minimum atomic E-state index is -0.940. The van der Waals surface area contributed by atoms with E-state index in [-0.39, 0.29) is 23.0 Å². The zero-order valence-electron chi connectivity index (χ0n) is 17.1. The van der Waals surface area contributed by atoms with Crippen molar-refractivity contribution in [2.75, 3.05) is 5.88 Å². The second-order valence-corrected chi connectivity index (χ2v) is 10.4. The van der Waals surface area contributed by atoms with E-state index in [2.05, 4.69) is 6.92 Å². The second kappa shape index (κ2) is 7.47. The Morgan fingerprint density at radius 1 is 1.21 bits per heavy atom. The third-order valence-electron chi connectivity index (χ3n) is 8.60. The van der Waals surface area contributed by atoms with Crippen LogP contribution in [0, 0.1) is 23.2 Å². The fraction of sp³-hybridized carbons (Fsp3) is 0.750. The lowest BCUT2D eigenvalue weighted by Gasteiger charge is -2.56. The van der Waals surface area contributed by atoms with Gasteiger partial charge in [0.15, 0.2) is 0 Å². The van der Waals surface area contributed by atoms with E-state index < -0.39 is 11.8 Å². The Labute approximate surface area is 173 Å². The Bertz CT molecular complexity index is 721. The monoisotopic (exact) mass is 408 g/mol. The second-order valence-electron chi connectivity index (χ2n) is 10.0. The van der Waals surface area contributed by atoms with Gasteiger partial charge in [0.05, 0.1) is 5.60 Å². The zero-order valence-corrected chi connectivity index (χ0v) is 17.9. The molecule has 1 aromatic rings. The molecule has 2 nitrogen and oxygen atoms in total. The van der Waals surface area contributed by atoms with E-state index in [0.29, 0.717) is 24.1 Å². The summed E-state index contributed by atoms with van der Waals surface area (Å²) in [5, 5.41) is 21.1. The van der Waals surface area contributed by atoms with Crippen LogP contribution >= 0.6 is 11.6 Å². The van der Waals surface area contributed by atoms with Crippen LogP contribution in [-0.2, 0) is 6.42 Å². The van der Waals surface area contributed by atoms with Crippen LogP contribution in [0.3, 0.4) is 0 Å². The number of rotatable bonds is 5. The molecule has 1 aromatic carbocycles. The van der Waals surface area contributed by atoms with Gasteiger partial charge in [0.2, 0.25) is 0 Å². The standard InChI is InChI=1S/C24H34ClFO2/c1-23-14-20(26)22-18-8-7-17(27)13-16(18)12-15(6-4-3-5-11-25)21(22)19(23)9-10-24(23,2)28/h7-8,13,15,19-22,27-28H,3-6,9-12,14H2,1-2H3/t15-,19+,20+,21+,22+,23+,24-/m1/s1. The van der Waals surface area contributed by atoms with Gasteiger partial charge in [0, 0.05) is 17.2 Å². The lowest BCUT2D eigenvalue weighted by atomic mass is 9.50. The van der Waals surface area contributed by atoms with Crippen LogP contribution in [0.2, 0.25) is 0 Å². The van der Waals surface area contributed by atoms with E-state index in [0.717, 1.165) is 56.1 Å². The number of unbranched alkanes of at least 4 members (excludes halogenated alkanes) is 2. The van der Waals surface area contributed by atoms with Gasteiger partial charge in [-0.05, 0) is 86.5 Å². The number of benzene rings is 1. The van der Waals surface area contributed by atoms with Crippen molar-refractivity contribution >= 4 is 11.6 Å². The molecule has 0 aromatic heterocycles. The van der Waals surface area contributed by atoms with E-state index in [9.17, 15) is 10.2 Å². The smallest absolute Gasteiger partial charge is 0.115 e. The first-order chi connectivity index (χ1) is 13.3. The average Bonchev–Trinajstić information content (AvgIpc) is 2.87. The van der Waals surface area contributed by atoms with Crippen molar-refractivity contribution in [3.63, 3.8) is 0 Å². The molecule has 0 radical (unpaired) electrons. The largest absolute Gasteiger partial charge is 0.508 e. The van der Waals surface area contributed by atoms with Gasteiger partial charge in [0.25, 0.3) is 0 Å². The molecule has 156 valence electrons. The van der Waals surface area contributed by atoms with Crippen LogP contribution in [0.5, 0.6) is 5.75 Å². The third kappa shape index (κ3) is 3.17. The molecular weight excluding hydrogens is 375 g/mol. The number of hydrogen-bond acceptors (Lipinski definition) is 2. The lowest BCUT2D eigenvalue weighted by molar-refractivity contribution is -0.120. The van der Waals surface area contributed by atoms with Crippen LogP contribution < -0.4 is 0 Å². The average molecular weight is 409 g/mol. The number of phenols is 1. The quantitative estimate of drug-likeness (QED) is 0.465. The SMILES string of the molecule is C[C@]12C[C@H](F)[C@@H]3c4ccc(O)cc4C[C@@H](CCCCCCl)[C@H]3[C@@H]1CC[C@@]2(C)O. The molecule has 2 fully saturated rings. The molecule has 0 amide bonds. The van der Waals surface area contributed by atoms with Crippen LogP contribution in [0.1, 0.15) is 75.8 Å². The van der Waals surface area contributed by atoms with Gasteiger partial charge >= 0.3 is 0 Å². The summed E-state index contributed by atoms with van der Waals surface area (Å²) in [6.07, 6.45) is 6.50. The summed E-state index contributed by atoms with van der Waals surface area (Å²) in [6.45, 7) is 4.05. The fourth-order valence-corrected chi connectivity index (χ4v) is 7.15. The van der Waals surface area contributed by atoms with E-state index in [1.807, 2.05) is 19.1 Å². The van der Waals surface area contributed by atoms with Gasteiger partial charge in [0.1, 0.15) is 11.9 Å². The first kappa shape index (κ1) is 20.5. The van der Waals surface area contributed by atoms with Crippen LogP contribution in [0.25, 0.3) is 0 Å². The Hall–Kier alpha value is -0.800. The Kier molecular flexibility index (Phi) is 5.46. The molecule has 0 saturated heterocycles. The highest BCUT2D eigenvalue weighted by molar-refractivity contribution is 6.17. The van der Waals surface area contributed by atoms with E-state index >= 15 is 4.39 Å². The molecule has 28 heavy (non-hydrogen) atoms. The van der Waals surface area contributed by atoms with E-state index in [4.69, 9.17) is 11.6 Å². The summed E-state index contributed by atoms with van der Waals surface area (Å²) >= 11 is 5.85. The molecule has 0 spiro atoms. The lowest BCUT2D eigenvalue weighted by Crippen LogP contribution is -2.54. The fourth-order valence-electron chi connectivity index (χ4n) is 6.96. The van der Waals surface area contributed by atoms with Crippen molar-refractivity contribution in [2.24, 2.45) is 23.2 Å².